The molecule has 0 saturated heterocycles. The van der Waals surface area contributed by atoms with Crippen LogP contribution < -0.4 is 0 Å². The number of carbonyl (C=O) groups excluding carboxylic acids is 2. The second kappa shape index (κ2) is 10.4. The molecule has 16 heavy (non-hydrogen) atoms. The molecule has 0 aromatic carbocycles. The SMILES string of the molecule is CCOC(=O)C(C)C.CCOC(=O)C(C)O. The first kappa shape index (κ1) is 17.3. The van der Waals surface area contributed by atoms with Gasteiger partial charge in [-0.3, -0.25) is 4.79 Å². The lowest BCUT2D eigenvalue weighted by atomic mass is 10.2. The van der Waals surface area contributed by atoms with Crippen molar-refractivity contribution in [2.24, 2.45) is 5.92 Å². The van der Waals surface area contributed by atoms with Crippen LogP contribution in [0, 0.1) is 5.92 Å². The Bertz CT molecular complexity index is 177. The monoisotopic (exact) mass is 234 g/mol. The van der Waals surface area contributed by atoms with Crippen LogP contribution in [0.3, 0.4) is 0 Å². The Kier molecular flexibility index (Phi) is 11.3. The Balaban J connectivity index is 0. The Morgan fingerprint density at radius 3 is 1.50 bits per heavy atom. The highest BCUT2D eigenvalue weighted by Crippen LogP contribution is 1.93. The summed E-state index contributed by atoms with van der Waals surface area (Å²) in [4.78, 5) is 20.8. The lowest BCUT2D eigenvalue weighted by molar-refractivity contribution is -0.152. The van der Waals surface area contributed by atoms with Gasteiger partial charge in [0, 0.05) is 0 Å². The minimum atomic E-state index is -0.991. The molecule has 0 heterocycles. The third-order valence-electron chi connectivity index (χ3n) is 1.39. The molecule has 0 aliphatic carbocycles. The molecule has 1 atom stereocenters. The van der Waals surface area contributed by atoms with Gasteiger partial charge in [-0.15, -0.1) is 0 Å². The van der Waals surface area contributed by atoms with E-state index in [0.717, 1.165) is 0 Å². The van der Waals surface area contributed by atoms with Crippen molar-refractivity contribution in [2.45, 2.75) is 40.7 Å². The number of aliphatic hydroxyl groups excluding tert-OH is 1. The van der Waals surface area contributed by atoms with Crippen LogP contribution in [0.2, 0.25) is 0 Å². The fourth-order valence-corrected chi connectivity index (χ4v) is 0.572. The summed E-state index contributed by atoms with van der Waals surface area (Å²) in [7, 11) is 0. The molecule has 5 nitrogen and oxygen atoms in total. The quantitative estimate of drug-likeness (QED) is 0.738. The van der Waals surface area contributed by atoms with Gasteiger partial charge in [0.1, 0.15) is 6.10 Å². The highest BCUT2D eigenvalue weighted by molar-refractivity contribution is 5.73. The summed E-state index contributed by atoms with van der Waals surface area (Å²) < 4.78 is 9.08. The average molecular weight is 234 g/mol. The van der Waals surface area contributed by atoms with E-state index in [1.54, 1.807) is 13.8 Å². The van der Waals surface area contributed by atoms with Gasteiger partial charge in [0.2, 0.25) is 0 Å². The molecule has 0 aliphatic rings. The van der Waals surface area contributed by atoms with Crippen molar-refractivity contribution in [3.05, 3.63) is 0 Å². The number of hydrogen-bond acceptors (Lipinski definition) is 5. The molecule has 0 spiro atoms. The molecule has 0 saturated carbocycles. The van der Waals surface area contributed by atoms with E-state index in [9.17, 15) is 9.59 Å². The smallest absolute Gasteiger partial charge is 0.334 e. The van der Waals surface area contributed by atoms with Gasteiger partial charge in [-0.25, -0.2) is 4.79 Å². The van der Waals surface area contributed by atoms with Crippen molar-refractivity contribution in [1.29, 1.82) is 0 Å². The Hall–Kier alpha value is -1.10. The van der Waals surface area contributed by atoms with Gasteiger partial charge in [0.15, 0.2) is 0 Å². The van der Waals surface area contributed by atoms with Crippen molar-refractivity contribution < 1.29 is 24.2 Å². The summed E-state index contributed by atoms with van der Waals surface area (Å²) >= 11 is 0. The highest BCUT2D eigenvalue weighted by atomic mass is 16.5. The normalized spacial score (nSPS) is 11.2. The van der Waals surface area contributed by atoms with Crippen molar-refractivity contribution in [3.63, 3.8) is 0 Å². The van der Waals surface area contributed by atoms with Crippen LogP contribution in [-0.4, -0.2) is 36.4 Å². The number of aliphatic hydroxyl groups is 1. The van der Waals surface area contributed by atoms with E-state index in [1.165, 1.54) is 6.92 Å². The zero-order valence-corrected chi connectivity index (χ0v) is 10.6. The van der Waals surface area contributed by atoms with E-state index >= 15 is 0 Å². The van der Waals surface area contributed by atoms with E-state index in [-0.39, 0.29) is 11.9 Å². The summed E-state index contributed by atoms with van der Waals surface area (Å²) in [5.41, 5.74) is 0. The molecule has 5 heteroatoms. The predicted octanol–water partition coefficient (Wildman–Crippen LogP) is 1.14. The number of esters is 2. The van der Waals surface area contributed by atoms with Crippen LogP contribution in [0.1, 0.15) is 34.6 Å². The van der Waals surface area contributed by atoms with E-state index in [4.69, 9.17) is 5.11 Å². The Labute approximate surface area is 96.7 Å². The standard InChI is InChI=1S/C6H12O2.C5H10O3/c1-4-8-6(7)5(2)3;1-3-8-5(7)4(2)6/h5H,4H2,1-3H3;4,6H,3H2,1-2H3. The van der Waals surface area contributed by atoms with E-state index in [2.05, 4.69) is 9.47 Å². The molecular formula is C11H22O5. The molecule has 0 rings (SSSR count). The Morgan fingerprint density at radius 1 is 1.00 bits per heavy atom. The topological polar surface area (TPSA) is 72.8 Å². The summed E-state index contributed by atoms with van der Waals surface area (Å²) in [6.45, 7) is 9.31. The number of ether oxygens (including phenoxy) is 2. The van der Waals surface area contributed by atoms with Gasteiger partial charge in [-0.05, 0) is 20.8 Å². The third kappa shape index (κ3) is 11.0. The maximum absolute atomic E-state index is 10.5. The second-order valence-corrected chi connectivity index (χ2v) is 3.33. The maximum atomic E-state index is 10.5. The van der Waals surface area contributed by atoms with Gasteiger partial charge < -0.3 is 14.6 Å². The lowest BCUT2D eigenvalue weighted by Crippen LogP contribution is -2.18. The summed E-state index contributed by atoms with van der Waals surface area (Å²) in [5.74, 6) is -0.671. The molecule has 0 bridgehead atoms. The van der Waals surface area contributed by atoms with Crippen LogP contribution in [0.5, 0.6) is 0 Å². The van der Waals surface area contributed by atoms with Crippen LogP contribution >= 0.6 is 0 Å². The first-order valence-corrected chi connectivity index (χ1v) is 5.38. The van der Waals surface area contributed by atoms with Gasteiger partial charge in [0.25, 0.3) is 0 Å². The van der Waals surface area contributed by atoms with Gasteiger partial charge in [-0.1, -0.05) is 13.8 Å². The van der Waals surface area contributed by atoms with Gasteiger partial charge in [-0.2, -0.15) is 0 Å². The maximum Gasteiger partial charge on any atom is 0.334 e. The van der Waals surface area contributed by atoms with Crippen molar-refractivity contribution in [2.75, 3.05) is 13.2 Å². The van der Waals surface area contributed by atoms with Crippen molar-refractivity contribution in [1.82, 2.24) is 0 Å². The lowest BCUT2D eigenvalue weighted by Gasteiger charge is -2.01. The largest absolute Gasteiger partial charge is 0.466 e. The molecule has 0 aromatic rings. The van der Waals surface area contributed by atoms with E-state index in [1.807, 2.05) is 13.8 Å². The fourth-order valence-electron chi connectivity index (χ4n) is 0.572. The minimum Gasteiger partial charge on any atom is -0.466 e. The molecule has 1 N–H and O–H groups in total. The predicted molar refractivity (Wildman–Crippen MR) is 59.8 cm³/mol. The first-order valence-electron chi connectivity index (χ1n) is 5.38. The van der Waals surface area contributed by atoms with Crippen LogP contribution in [0.4, 0.5) is 0 Å². The van der Waals surface area contributed by atoms with E-state index < -0.39 is 12.1 Å². The fraction of sp³-hybridized carbons (Fsp3) is 0.818. The number of hydrogen-bond donors (Lipinski definition) is 1. The molecule has 96 valence electrons. The minimum absolute atomic E-state index is 0.00921. The molecule has 0 amide bonds. The van der Waals surface area contributed by atoms with E-state index in [0.29, 0.717) is 13.2 Å². The molecule has 0 radical (unpaired) electrons. The highest BCUT2D eigenvalue weighted by Gasteiger charge is 2.07. The van der Waals surface area contributed by atoms with Gasteiger partial charge in [0.05, 0.1) is 19.1 Å². The zero-order chi connectivity index (χ0) is 13.1. The summed E-state index contributed by atoms with van der Waals surface area (Å²) in [5, 5.41) is 8.48. The van der Waals surface area contributed by atoms with Gasteiger partial charge >= 0.3 is 11.9 Å². The molecule has 0 aromatic heterocycles. The first-order chi connectivity index (χ1) is 7.36. The van der Waals surface area contributed by atoms with Crippen molar-refractivity contribution in [3.8, 4) is 0 Å². The summed E-state index contributed by atoms with van der Waals surface area (Å²) in [6.07, 6.45) is -0.991. The van der Waals surface area contributed by atoms with Crippen molar-refractivity contribution >= 4 is 11.9 Å². The average Bonchev–Trinajstić information content (AvgIpc) is 2.19. The second-order valence-electron chi connectivity index (χ2n) is 3.33. The molecular weight excluding hydrogens is 212 g/mol. The molecule has 1 unspecified atom stereocenters. The molecule has 0 fully saturated rings. The number of carbonyl (C=O) groups is 2. The molecule has 0 aliphatic heterocycles. The van der Waals surface area contributed by atoms with Crippen LogP contribution in [-0.2, 0) is 19.1 Å². The number of rotatable bonds is 4. The van der Waals surface area contributed by atoms with Crippen LogP contribution in [0.15, 0.2) is 0 Å². The zero-order valence-electron chi connectivity index (χ0n) is 10.6. The van der Waals surface area contributed by atoms with Crippen LogP contribution in [0.25, 0.3) is 0 Å². The third-order valence-corrected chi connectivity index (χ3v) is 1.39. The Morgan fingerprint density at radius 2 is 1.38 bits per heavy atom. The summed E-state index contributed by atoms with van der Waals surface area (Å²) in [6, 6.07) is 0.